The molecule has 6 heteroatoms. The Morgan fingerprint density at radius 2 is 1.68 bits per heavy atom. The number of hydrogen-bond acceptors (Lipinski definition) is 3. The molecule has 34 heavy (non-hydrogen) atoms. The van der Waals surface area contributed by atoms with Crippen LogP contribution in [0.1, 0.15) is 30.0 Å². The van der Waals surface area contributed by atoms with E-state index in [4.69, 9.17) is 11.6 Å². The van der Waals surface area contributed by atoms with Crippen LogP contribution in [0, 0.1) is 6.92 Å². The fraction of sp³-hybridized carbons (Fsp3) is 0.286. The predicted octanol–water partition coefficient (Wildman–Crippen LogP) is 5.91. The van der Waals surface area contributed by atoms with Crippen molar-refractivity contribution in [2.45, 2.75) is 44.2 Å². The Balaban J connectivity index is 1.81. The number of carbonyl (C=O) groups excluding carboxylic acids is 2. The third-order valence-corrected chi connectivity index (χ3v) is 6.72. The summed E-state index contributed by atoms with van der Waals surface area (Å²) in [6.07, 6.45) is 0.804. The molecule has 3 rings (SSSR count). The van der Waals surface area contributed by atoms with Crippen molar-refractivity contribution in [2.75, 3.05) is 12.3 Å². The SMILES string of the molecule is CCNC(=O)C(Cc1ccccc1)N(Cc1cccc(C)c1)C(=O)CCSc1ccc(Cl)cc1. The zero-order valence-corrected chi connectivity index (χ0v) is 21.2. The minimum absolute atomic E-state index is 0.0323. The highest BCUT2D eigenvalue weighted by Gasteiger charge is 2.29. The van der Waals surface area contributed by atoms with Gasteiger partial charge in [0.1, 0.15) is 6.04 Å². The molecule has 1 unspecified atom stereocenters. The van der Waals surface area contributed by atoms with Crippen molar-refractivity contribution in [2.24, 2.45) is 0 Å². The third-order valence-electron chi connectivity index (χ3n) is 5.46. The molecular formula is C28H31ClN2O2S. The first-order chi connectivity index (χ1) is 16.5. The number of benzene rings is 3. The molecule has 1 N–H and O–H groups in total. The minimum Gasteiger partial charge on any atom is -0.355 e. The lowest BCUT2D eigenvalue weighted by molar-refractivity contribution is -0.140. The fourth-order valence-corrected chi connectivity index (χ4v) is 4.75. The van der Waals surface area contributed by atoms with Gasteiger partial charge < -0.3 is 10.2 Å². The molecule has 0 heterocycles. The Morgan fingerprint density at radius 1 is 0.971 bits per heavy atom. The molecule has 1 atom stereocenters. The lowest BCUT2D eigenvalue weighted by atomic mass is 10.0. The van der Waals surface area contributed by atoms with Gasteiger partial charge in [0, 0.05) is 41.6 Å². The maximum atomic E-state index is 13.5. The number of halogens is 1. The van der Waals surface area contributed by atoms with Gasteiger partial charge >= 0.3 is 0 Å². The molecule has 4 nitrogen and oxygen atoms in total. The average Bonchev–Trinajstić information content (AvgIpc) is 2.83. The lowest BCUT2D eigenvalue weighted by Gasteiger charge is -2.31. The van der Waals surface area contributed by atoms with Crippen LogP contribution in [0.25, 0.3) is 0 Å². The Kier molecular flexibility index (Phi) is 10.0. The van der Waals surface area contributed by atoms with Gasteiger partial charge in [-0.05, 0) is 49.2 Å². The van der Waals surface area contributed by atoms with E-state index in [1.807, 2.05) is 86.6 Å². The van der Waals surface area contributed by atoms with E-state index in [0.717, 1.165) is 21.6 Å². The van der Waals surface area contributed by atoms with E-state index in [-0.39, 0.29) is 11.8 Å². The van der Waals surface area contributed by atoms with Gasteiger partial charge in [-0.15, -0.1) is 11.8 Å². The summed E-state index contributed by atoms with van der Waals surface area (Å²) in [5.41, 5.74) is 3.17. The molecular weight excluding hydrogens is 464 g/mol. The van der Waals surface area contributed by atoms with Gasteiger partial charge in [0.05, 0.1) is 0 Å². The van der Waals surface area contributed by atoms with Gasteiger partial charge in [-0.2, -0.15) is 0 Å². The van der Waals surface area contributed by atoms with Crippen LogP contribution < -0.4 is 5.32 Å². The number of thioether (sulfide) groups is 1. The van der Waals surface area contributed by atoms with Crippen LogP contribution >= 0.6 is 23.4 Å². The Morgan fingerprint density at radius 3 is 2.35 bits per heavy atom. The number of likely N-dealkylation sites (N-methyl/N-ethyl adjacent to an activating group) is 1. The zero-order valence-electron chi connectivity index (χ0n) is 19.7. The summed E-state index contributed by atoms with van der Waals surface area (Å²) in [4.78, 5) is 29.5. The van der Waals surface area contributed by atoms with Crippen LogP contribution in [-0.2, 0) is 22.6 Å². The predicted molar refractivity (Wildman–Crippen MR) is 141 cm³/mol. The highest BCUT2D eigenvalue weighted by molar-refractivity contribution is 7.99. The van der Waals surface area contributed by atoms with Crippen molar-refractivity contribution < 1.29 is 9.59 Å². The number of hydrogen-bond donors (Lipinski definition) is 1. The van der Waals surface area contributed by atoms with Crippen molar-refractivity contribution in [3.8, 4) is 0 Å². The third kappa shape index (κ3) is 7.93. The standard InChI is InChI=1S/C28H31ClN2O2S/c1-3-30-28(33)26(19-22-9-5-4-6-10-22)31(20-23-11-7-8-21(2)18-23)27(32)16-17-34-25-14-12-24(29)13-15-25/h4-15,18,26H,3,16-17,19-20H2,1-2H3,(H,30,33). The lowest BCUT2D eigenvalue weighted by Crippen LogP contribution is -2.50. The van der Waals surface area contributed by atoms with Crippen molar-refractivity contribution in [3.05, 3.63) is 101 Å². The molecule has 3 aromatic rings. The second kappa shape index (κ2) is 13.2. The number of nitrogens with zero attached hydrogens (tertiary/aromatic N) is 1. The van der Waals surface area contributed by atoms with Gasteiger partial charge in [-0.3, -0.25) is 9.59 Å². The quantitative estimate of drug-likeness (QED) is 0.337. The summed E-state index contributed by atoms with van der Waals surface area (Å²) in [6, 6.07) is 25.0. The smallest absolute Gasteiger partial charge is 0.243 e. The first-order valence-corrected chi connectivity index (χ1v) is 12.9. The van der Waals surface area contributed by atoms with Crippen molar-refractivity contribution in [1.82, 2.24) is 10.2 Å². The van der Waals surface area contributed by atoms with Gasteiger partial charge in [0.25, 0.3) is 0 Å². The highest BCUT2D eigenvalue weighted by atomic mass is 35.5. The van der Waals surface area contributed by atoms with Crippen LogP contribution in [0.5, 0.6) is 0 Å². The molecule has 0 aromatic heterocycles. The summed E-state index contributed by atoms with van der Waals surface area (Å²) < 4.78 is 0. The number of aryl methyl sites for hydroxylation is 1. The normalized spacial score (nSPS) is 11.6. The van der Waals surface area contributed by atoms with Crippen molar-refractivity contribution in [3.63, 3.8) is 0 Å². The van der Waals surface area contributed by atoms with E-state index in [1.165, 1.54) is 0 Å². The Labute approximate surface area is 211 Å². The topological polar surface area (TPSA) is 49.4 Å². The monoisotopic (exact) mass is 494 g/mol. The molecule has 178 valence electrons. The fourth-order valence-electron chi connectivity index (χ4n) is 3.78. The van der Waals surface area contributed by atoms with E-state index in [0.29, 0.717) is 36.7 Å². The highest BCUT2D eigenvalue weighted by Crippen LogP contribution is 2.22. The summed E-state index contributed by atoms with van der Waals surface area (Å²) >= 11 is 7.59. The minimum atomic E-state index is -0.587. The number of carbonyl (C=O) groups is 2. The Bertz CT molecular complexity index is 1070. The molecule has 3 aromatic carbocycles. The van der Waals surface area contributed by atoms with Crippen LogP contribution in [-0.4, -0.2) is 35.1 Å². The van der Waals surface area contributed by atoms with Crippen LogP contribution in [0.3, 0.4) is 0 Å². The summed E-state index contributed by atoms with van der Waals surface area (Å²) in [5.74, 6) is 0.464. The molecule has 0 fully saturated rings. The molecule has 0 spiro atoms. The van der Waals surface area contributed by atoms with E-state index in [1.54, 1.807) is 16.7 Å². The van der Waals surface area contributed by atoms with E-state index < -0.39 is 6.04 Å². The summed E-state index contributed by atoms with van der Waals surface area (Å²) in [6.45, 7) is 4.83. The second-order valence-corrected chi connectivity index (χ2v) is 9.77. The molecule has 0 saturated carbocycles. The average molecular weight is 495 g/mol. The van der Waals surface area contributed by atoms with Crippen LogP contribution in [0.2, 0.25) is 5.02 Å². The molecule has 0 aliphatic rings. The second-order valence-electron chi connectivity index (χ2n) is 8.16. The number of amides is 2. The number of nitrogens with one attached hydrogen (secondary N) is 1. The van der Waals surface area contributed by atoms with Crippen LogP contribution in [0.15, 0.2) is 83.8 Å². The maximum absolute atomic E-state index is 13.5. The maximum Gasteiger partial charge on any atom is 0.243 e. The molecule has 0 aliphatic heterocycles. The van der Waals surface area contributed by atoms with E-state index in [9.17, 15) is 9.59 Å². The largest absolute Gasteiger partial charge is 0.355 e. The zero-order chi connectivity index (χ0) is 24.3. The van der Waals surface area contributed by atoms with Gasteiger partial charge in [-0.1, -0.05) is 71.8 Å². The molecule has 0 radical (unpaired) electrons. The van der Waals surface area contributed by atoms with Gasteiger partial charge in [0.15, 0.2) is 0 Å². The van der Waals surface area contributed by atoms with Crippen molar-refractivity contribution >= 4 is 35.2 Å². The summed E-state index contributed by atoms with van der Waals surface area (Å²) in [7, 11) is 0. The van der Waals surface area contributed by atoms with Gasteiger partial charge in [-0.25, -0.2) is 0 Å². The molecule has 0 aliphatic carbocycles. The van der Waals surface area contributed by atoms with Crippen molar-refractivity contribution in [1.29, 1.82) is 0 Å². The molecule has 0 bridgehead atoms. The first kappa shape index (κ1) is 25.9. The van der Waals surface area contributed by atoms with Gasteiger partial charge in [0.2, 0.25) is 11.8 Å². The number of rotatable bonds is 11. The molecule has 0 saturated heterocycles. The first-order valence-electron chi connectivity index (χ1n) is 11.5. The van der Waals surface area contributed by atoms with Crippen LogP contribution in [0.4, 0.5) is 0 Å². The Hall–Kier alpha value is -2.76. The molecule has 2 amide bonds. The van der Waals surface area contributed by atoms with E-state index >= 15 is 0 Å². The summed E-state index contributed by atoms with van der Waals surface area (Å²) in [5, 5.41) is 3.63. The van der Waals surface area contributed by atoms with E-state index in [2.05, 4.69) is 11.4 Å².